The molecule has 0 saturated heterocycles. The Morgan fingerprint density at radius 3 is 2.56 bits per heavy atom. The number of anilines is 1. The van der Waals surface area contributed by atoms with E-state index in [0.29, 0.717) is 15.7 Å². The van der Waals surface area contributed by atoms with Gasteiger partial charge in [0, 0.05) is 17.2 Å². The average molecular weight is 260 g/mol. The summed E-state index contributed by atoms with van der Waals surface area (Å²) in [6.45, 7) is 0. The Hall–Kier alpha value is -1.52. The molecule has 4 nitrogen and oxygen atoms in total. The highest BCUT2D eigenvalue weighted by atomic mass is 35.5. The molecule has 0 unspecified atom stereocenters. The molecule has 0 aliphatic carbocycles. The van der Waals surface area contributed by atoms with Crippen LogP contribution in [0, 0.1) is 0 Å². The quantitative estimate of drug-likeness (QED) is 0.821. The van der Waals surface area contributed by atoms with Crippen molar-refractivity contribution in [3.05, 3.63) is 40.4 Å². The van der Waals surface area contributed by atoms with Gasteiger partial charge in [0.2, 0.25) is 5.91 Å². The van der Waals surface area contributed by atoms with E-state index in [1.165, 1.54) is 12.1 Å². The molecule has 1 rings (SSSR count). The topological polar surface area (TPSA) is 66.4 Å². The zero-order chi connectivity index (χ0) is 12.1. The highest BCUT2D eigenvalue weighted by Crippen LogP contribution is 2.25. The van der Waals surface area contributed by atoms with Crippen LogP contribution in [0.4, 0.5) is 5.69 Å². The average Bonchev–Trinajstić information content (AvgIpc) is 2.20. The van der Waals surface area contributed by atoms with E-state index in [9.17, 15) is 9.59 Å². The van der Waals surface area contributed by atoms with Crippen LogP contribution in [-0.2, 0) is 9.59 Å². The second-order valence-electron chi connectivity index (χ2n) is 2.78. The molecule has 0 heterocycles. The monoisotopic (exact) mass is 259 g/mol. The number of halogens is 2. The Kier molecular flexibility index (Phi) is 4.34. The lowest BCUT2D eigenvalue weighted by Crippen LogP contribution is -2.09. The van der Waals surface area contributed by atoms with Crippen molar-refractivity contribution in [1.29, 1.82) is 0 Å². The number of carboxylic acid groups (broad SMARTS) is 1. The van der Waals surface area contributed by atoms with Crippen molar-refractivity contribution >= 4 is 40.8 Å². The van der Waals surface area contributed by atoms with E-state index in [1.807, 2.05) is 0 Å². The van der Waals surface area contributed by atoms with Crippen molar-refractivity contribution in [3.8, 4) is 0 Å². The number of aliphatic carboxylic acids is 1. The fourth-order valence-electron chi connectivity index (χ4n) is 0.915. The number of hydrogen-bond acceptors (Lipinski definition) is 2. The second kappa shape index (κ2) is 5.53. The molecule has 0 fully saturated rings. The first-order valence-corrected chi connectivity index (χ1v) is 4.91. The molecular formula is C10H7Cl2NO3. The van der Waals surface area contributed by atoms with Gasteiger partial charge < -0.3 is 10.4 Å². The van der Waals surface area contributed by atoms with Crippen LogP contribution in [-0.4, -0.2) is 17.0 Å². The Morgan fingerprint density at radius 1 is 1.25 bits per heavy atom. The smallest absolute Gasteiger partial charge is 0.328 e. The van der Waals surface area contributed by atoms with Crippen LogP contribution in [0.5, 0.6) is 0 Å². The third-order valence-corrected chi connectivity index (χ3v) is 2.13. The molecule has 0 atom stereocenters. The van der Waals surface area contributed by atoms with Gasteiger partial charge >= 0.3 is 5.97 Å². The van der Waals surface area contributed by atoms with Crippen LogP contribution in [0.3, 0.4) is 0 Å². The Bertz CT molecular complexity index is 457. The molecule has 0 spiro atoms. The zero-order valence-electron chi connectivity index (χ0n) is 7.91. The molecule has 84 valence electrons. The third-order valence-electron chi connectivity index (χ3n) is 1.56. The van der Waals surface area contributed by atoms with E-state index in [4.69, 9.17) is 28.3 Å². The minimum Gasteiger partial charge on any atom is -0.478 e. The van der Waals surface area contributed by atoms with Gasteiger partial charge in [-0.25, -0.2) is 4.79 Å². The first-order chi connectivity index (χ1) is 7.49. The van der Waals surface area contributed by atoms with Crippen molar-refractivity contribution in [2.24, 2.45) is 0 Å². The highest BCUT2D eigenvalue weighted by Gasteiger charge is 2.04. The summed E-state index contributed by atoms with van der Waals surface area (Å²) in [7, 11) is 0. The molecule has 0 bridgehead atoms. The lowest BCUT2D eigenvalue weighted by Gasteiger charge is -2.04. The van der Waals surface area contributed by atoms with Gasteiger partial charge in [-0.2, -0.15) is 0 Å². The van der Waals surface area contributed by atoms with Gasteiger partial charge in [0.15, 0.2) is 0 Å². The van der Waals surface area contributed by atoms with Gasteiger partial charge in [0.25, 0.3) is 0 Å². The maximum absolute atomic E-state index is 11.2. The first kappa shape index (κ1) is 12.5. The van der Waals surface area contributed by atoms with E-state index >= 15 is 0 Å². The van der Waals surface area contributed by atoms with E-state index in [1.54, 1.807) is 6.07 Å². The lowest BCUT2D eigenvalue weighted by atomic mass is 10.3. The van der Waals surface area contributed by atoms with E-state index < -0.39 is 11.9 Å². The Balaban J connectivity index is 2.77. The molecular weight excluding hydrogens is 253 g/mol. The number of carbonyl (C=O) groups excluding carboxylic acids is 1. The number of carboxylic acids is 1. The summed E-state index contributed by atoms with van der Waals surface area (Å²) in [5.41, 5.74) is 0.328. The van der Waals surface area contributed by atoms with Crippen LogP contribution >= 0.6 is 23.2 Å². The minimum absolute atomic E-state index is 0.321. The molecule has 1 amide bonds. The van der Waals surface area contributed by atoms with Crippen LogP contribution in [0.1, 0.15) is 0 Å². The lowest BCUT2D eigenvalue weighted by molar-refractivity contribution is -0.131. The number of hydrogen-bond donors (Lipinski definition) is 2. The van der Waals surface area contributed by atoms with Gasteiger partial charge in [0.1, 0.15) is 0 Å². The molecule has 16 heavy (non-hydrogen) atoms. The van der Waals surface area contributed by atoms with Crippen molar-refractivity contribution in [2.75, 3.05) is 5.32 Å². The normalized spacial score (nSPS) is 10.4. The summed E-state index contributed by atoms with van der Waals surface area (Å²) in [4.78, 5) is 21.4. The summed E-state index contributed by atoms with van der Waals surface area (Å²) in [5.74, 6) is -1.79. The molecule has 0 aromatic heterocycles. The maximum atomic E-state index is 11.2. The van der Waals surface area contributed by atoms with Crippen LogP contribution in [0.2, 0.25) is 10.0 Å². The van der Waals surface area contributed by atoms with E-state index in [-0.39, 0.29) is 0 Å². The van der Waals surface area contributed by atoms with Crippen molar-refractivity contribution < 1.29 is 14.7 Å². The Morgan fingerprint density at radius 2 is 1.94 bits per heavy atom. The van der Waals surface area contributed by atoms with Crippen LogP contribution in [0.25, 0.3) is 0 Å². The molecule has 1 aromatic rings. The molecule has 0 saturated carbocycles. The summed E-state index contributed by atoms with van der Waals surface area (Å²) < 4.78 is 0. The molecule has 0 radical (unpaired) electrons. The zero-order valence-corrected chi connectivity index (χ0v) is 9.42. The van der Waals surface area contributed by atoms with Crippen LogP contribution < -0.4 is 5.32 Å². The number of amides is 1. The standard InChI is InChI=1S/C10H7Cl2NO3/c11-6-1-2-7(12)8(5-6)13-9(14)3-4-10(15)16/h1-5H,(H,13,14)(H,15,16)/b4-3+. The fourth-order valence-corrected chi connectivity index (χ4v) is 1.25. The Labute approximate surface area is 101 Å². The second-order valence-corrected chi connectivity index (χ2v) is 3.63. The summed E-state index contributed by atoms with van der Waals surface area (Å²) >= 11 is 11.5. The van der Waals surface area contributed by atoms with Crippen molar-refractivity contribution in [3.63, 3.8) is 0 Å². The number of benzene rings is 1. The molecule has 0 aliphatic heterocycles. The number of carbonyl (C=O) groups is 2. The van der Waals surface area contributed by atoms with Crippen molar-refractivity contribution in [2.45, 2.75) is 0 Å². The van der Waals surface area contributed by atoms with Gasteiger partial charge in [-0.1, -0.05) is 23.2 Å². The molecule has 6 heteroatoms. The largest absolute Gasteiger partial charge is 0.478 e. The van der Waals surface area contributed by atoms with Gasteiger partial charge in [0.05, 0.1) is 10.7 Å². The summed E-state index contributed by atoms with van der Waals surface area (Å²) in [6.07, 6.45) is 1.62. The van der Waals surface area contributed by atoms with E-state index in [0.717, 1.165) is 12.2 Å². The van der Waals surface area contributed by atoms with Gasteiger partial charge in [-0.15, -0.1) is 0 Å². The minimum atomic E-state index is -1.20. The molecule has 0 aliphatic rings. The maximum Gasteiger partial charge on any atom is 0.328 e. The molecule has 1 aromatic carbocycles. The van der Waals surface area contributed by atoms with Crippen LogP contribution in [0.15, 0.2) is 30.4 Å². The predicted molar refractivity (Wildman–Crippen MR) is 61.9 cm³/mol. The molecule has 2 N–H and O–H groups in total. The number of rotatable bonds is 3. The third kappa shape index (κ3) is 3.92. The highest BCUT2D eigenvalue weighted by molar-refractivity contribution is 6.35. The first-order valence-electron chi connectivity index (χ1n) is 4.16. The van der Waals surface area contributed by atoms with Crippen molar-refractivity contribution in [1.82, 2.24) is 0 Å². The van der Waals surface area contributed by atoms with Gasteiger partial charge in [-0.05, 0) is 18.2 Å². The number of nitrogens with one attached hydrogen (secondary N) is 1. The summed E-state index contributed by atoms with van der Waals surface area (Å²) in [5, 5.41) is 11.5. The fraction of sp³-hybridized carbons (Fsp3) is 0. The SMILES string of the molecule is O=C(O)/C=C/C(=O)Nc1cc(Cl)ccc1Cl. The predicted octanol–water partition coefficient (Wildman–Crippen LogP) is 2.57. The van der Waals surface area contributed by atoms with Gasteiger partial charge in [-0.3, -0.25) is 4.79 Å². The summed E-state index contributed by atoms with van der Waals surface area (Å²) in [6, 6.07) is 4.57. The van der Waals surface area contributed by atoms with E-state index in [2.05, 4.69) is 5.32 Å².